The van der Waals surface area contributed by atoms with Crippen LogP contribution in [0.1, 0.15) is 30.1 Å². The molecule has 2 aromatic heterocycles. The maximum atomic E-state index is 13.1. The highest BCUT2D eigenvalue weighted by Gasteiger charge is 2.38. The van der Waals surface area contributed by atoms with E-state index in [1.807, 2.05) is 47.1 Å². The summed E-state index contributed by atoms with van der Waals surface area (Å²) < 4.78 is 52.1. The number of benzene rings is 2. The molecule has 0 spiro atoms. The first-order chi connectivity index (χ1) is 18.1. The van der Waals surface area contributed by atoms with Gasteiger partial charge in [0.15, 0.2) is 11.5 Å². The average molecular weight is 531 g/mol. The summed E-state index contributed by atoms with van der Waals surface area (Å²) >= 11 is 0. The summed E-state index contributed by atoms with van der Waals surface area (Å²) in [6, 6.07) is 18.9. The zero-order valence-corrected chi connectivity index (χ0v) is 20.5. The SMILES string of the molecule is COc1cccc(-c2ccc3nc(C4CCN(Cc5ccc(F)cc5)CC4)nn3c2)c1.O=C(O)C(F)(F)F. The number of hydrogen-bond acceptors (Lipinski definition) is 5. The van der Waals surface area contributed by atoms with Gasteiger partial charge in [0.05, 0.1) is 7.11 Å². The lowest BCUT2D eigenvalue weighted by molar-refractivity contribution is -0.192. The van der Waals surface area contributed by atoms with Crippen LogP contribution in [0.4, 0.5) is 17.6 Å². The van der Waals surface area contributed by atoms with Gasteiger partial charge in [-0.2, -0.15) is 18.3 Å². The molecule has 0 saturated carbocycles. The second kappa shape index (κ2) is 11.6. The normalized spacial score (nSPS) is 14.7. The molecular weight excluding hydrogens is 504 g/mol. The van der Waals surface area contributed by atoms with Gasteiger partial charge in [0.1, 0.15) is 11.6 Å². The number of likely N-dealkylation sites (tertiary alicyclic amines) is 1. The third-order valence-electron chi connectivity index (χ3n) is 6.27. The van der Waals surface area contributed by atoms with Crippen LogP contribution in [0.5, 0.6) is 5.75 Å². The van der Waals surface area contributed by atoms with Crippen molar-refractivity contribution in [3.8, 4) is 16.9 Å². The zero-order valence-electron chi connectivity index (χ0n) is 20.5. The van der Waals surface area contributed by atoms with E-state index in [4.69, 9.17) is 24.7 Å². The van der Waals surface area contributed by atoms with Crippen LogP contribution in [0.3, 0.4) is 0 Å². The number of hydrogen-bond donors (Lipinski definition) is 1. The zero-order chi connectivity index (χ0) is 27.3. The lowest BCUT2D eigenvalue weighted by Crippen LogP contribution is -2.32. The van der Waals surface area contributed by atoms with Crippen LogP contribution in [0.25, 0.3) is 16.8 Å². The van der Waals surface area contributed by atoms with Crippen LogP contribution >= 0.6 is 0 Å². The van der Waals surface area contributed by atoms with Crippen LogP contribution in [0, 0.1) is 5.82 Å². The first-order valence-corrected chi connectivity index (χ1v) is 11.9. The number of methoxy groups -OCH3 is 1. The number of nitrogens with zero attached hydrogens (tertiary/aromatic N) is 4. The van der Waals surface area contributed by atoms with Crippen molar-refractivity contribution in [3.05, 3.63) is 84.1 Å². The summed E-state index contributed by atoms with van der Waals surface area (Å²) in [6.07, 6.45) is -0.994. The topological polar surface area (TPSA) is 80.0 Å². The van der Waals surface area contributed by atoms with Gasteiger partial charge in [-0.25, -0.2) is 18.7 Å². The molecule has 1 fully saturated rings. The van der Waals surface area contributed by atoms with Gasteiger partial charge in [-0.1, -0.05) is 24.3 Å². The van der Waals surface area contributed by atoms with Crippen molar-refractivity contribution in [3.63, 3.8) is 0 Å². The molecule has 1 aliphatic rings. The van der Waals surface area contributed by atoms with Crippen molar-refractivity contribution in [2.24, 2.45) is 0 Å². The molecule has 1 saturated heterocycles. The van der Waals surface area contributed by atoms with Gasteiger partial charge < -0.3 is 9.84 Å². The summed E-state index contributed by atoms with van der Waals surface area (Å²) in [5, 5.41) is 11.9. The molecule has 11 heteroatoms. The third kappa shape index (κ3) is 6.86. The summed E-state index contributed by atoms with van der Waals surface area (Å²) in [4.78, 5) is 16.1. The fraction of sp³-hybridized carbons (Fsp3) is 0.296. The Morgan fingerprint density at radius 2 is 1.74 bits per heavy atom. The van der Waals surface area contributed by atoms with Gasteiger partial charge in [0, 0.05) is 24.2 Å². The molecule has 0 radical (unpaired) electrons. The van der Waals surface area contributed by atoms with Crippen LogP contribution < -0.4 is 4.74 Å². The van der Waals surface area contributed by atoms with Gasteiger partial charge in [0.25, 0.3) is 0 Å². The number of halogens is 4. The highest BCUT2D eigenvalue weighted by atomic mass is 19.4. The minimum atomic E-state index is -5.08. The number of rotatable bonds is 5. The van der Waals surface area contributed by atoms with Crippen LogP contribution in [0.2, 0.25) is 0 Å². The van der Waals surface area contributed by atoms with Gasteiger partial charge in [-0.15, -0.1) is 0 Å². The van der Waals surface area contributed by atoms with E-state index >= 15 is 0 Å². The van der Waals surface area contributed by atoms with Crippen molar-refractivity contribution >= 4 is 11.6 Å². The molecule has 1 N–H and O–H groups in total. The van der Waals surface area contributed by atoms with Crippen molar-refractivity contribution in [2.45, 2.75) is 31.5 Å². The second-order valence-corrected chi connectivity index (χ2v) is 8.90. The maximum absolute atomic E-state index is 13.1. The van der Waals surface area contributed by atoms with Crippen LogP contribution in [-0.2, 0) is 11.3 Å². The van der Waals surface area contributed by atoms with E-state index in [0.29, 0.717) is 5.92 Å². The van der Waals surface area contributed by atoms with Gasteiger partial charge in [-0.3, -0.25) is 4.90 Å². The fourth-order valence-electron chi connectivity index (χ4n) is 4.24. The van der Waals surface area contributed by atoms with Crippen molar-refractivity contribution in [1.82, 2.24) is 19.5 Å². The predicted octanol–water partition coefficient (Wildman–Crippen LogP) is 5.56. The first-order valence-electron chi connectivity index (χ1n) is 11.9. The Balaban J connectivity index is 0.000000426. The molecule has 4 aromatic rings. The van der Waals surface area contributed by atoms with E-state index in [2.05, 4.69) is 17.0 Å². The molecule has 0 amide bonds. The van der Waals surface area contributed by atoms with Crippen LogP contribution in [0.15, 0.2) is 66.9 Å². The van der Waals surface area contributed by atoms with Gasteiger partial charge >= 0.3 is 12.1 Å². The Labute approximate surface area is 216 Å². The summed E-state index contributed by atoms with van der Waals surface area (Å²) in [5.41, 5.74) is 4.19. The molecule has 2 aromatic carbocycles. The number of ether oxygens (including phenoxy) is 1. The Hall–Kier alpha value is -3.99. The summed E-state index contributed by atoms with van der Waals surface area (Å²) in [5.74, 6) is -0.819. The largest absolute Gasteiger partial charge is 0.497 e. The molecular formula is C27H26F4N4O3. The lowest BCUT2D eigenvalue weighted by atomic mass is 9.96. The molecule has 3 heterocycles. The number of carboxylic acid groups (broad SMARTS) is 1. The molecule has 200 valence electrons. The second-order valence-electron chi connectivity index (χ2n) is 8.90. The predicted molar refractivity (Wildman–Crippen MR) is 132 cm³/mol. The molecule has 0 unspecified atom stereocenters. The Kier molecular flexibility index (Phi) is 8.26. The van der Waals surface area contributed by atoms with E-state index in [9.17, 15) is 17.6 Å². The average Bonchev–Trinajstić information content (AvgIpc) is 3.34. The third-order valence-corrected chi connectivity index (χ3v) is 6.27. The Bertz CT molecular complexity index is 1380. The molecule has 38 heavy (non-hydrogen) atoms. The number of carboxylic acids is 1. The highest BCUT2D eigenvalue weighted by molar-refractivity contribution is 5.73. The molecule has 1 aliphatic heterocycles. The Morgan fingerprint density at radius 3 is 2.37 bits per heavy atom. The van der Waals surface area contributed by atoms with Crippen molar-refractivity contribution < 1.29 is 32.2 Å². The fourth-order valence-corrected chi connectivity index (χ4v) is 4.24. The monoisotopic (exact) mass is 530 g/mol. The Morgan fingerprint density at radius 1 is 1.05 bits per heavy atom. The minimum Gasteiger partial charge on any atom is -0.497 e. The minimum absolute atomic E-state index is 0.185. The number of alkyl halides is 3. The molecule has 5 rings (SSSR count). The van der Waals surface area contributed by atoms with Gasteiger partial charge in [-0.05, 0) is 73.5 Å². The standard InChI is InChI=1S/C25H25FN4O.C2HF3O2/c1-31-23-4-2-3-20(15-23)21-7-10-24-27-25(28-30(24)17-21)19-11-13-29(14-12-19)16-18-5-8-22(26)9-6-18;3-2(4,5)1(6)7/h2-10,15,17,19H,11-14,16H2,1H3;(H,6,7). The van der Waals surface area contributed by atoms with E-state index in [-0.39, 0.29) is 5.82 Å². The summed E-state index contributed by atoms with van der Waals surface area (Å²) in [6.45, 7) is 2.84. The van der Waals surface area contributed by atoms with E-state index < -0.39 is 12.1 Å². The molecule has 0 atom stereocenters. The number of carbonyl (C=O) groups is 1. The summed E-state index contributed by atoms with van der Waals surface area (Å²) in [7, 11) is 1.68. The van der Waals surface area contributed by atoms with Crippen molar-refractivity contribution in [1.29, 1.82) is 0 Å². The number of pyridine rings is 1. The highest BCUT2D eigenvalue weighted by Crippen LogP contribution is 2.28. The molecule has 0 bridgehead atoms. The number of fused-ring (bicyclic) bond motifs is 1. The van der Waals surface area contributed by atoms with E-state index in [0.717, 1.165) is 66.4 Å². The van der Waals surface area contributed by atoms with Crippen molar-refractivity contribution in [2.75, 3.05) is 20.2 Å². The number of piperidine rings is 1. The van der Waals surface area contributed by atoms with E-state index in [1.165, 1.54) is 12.1 Å². The number of aliphatic carboxylic acids is 1. The van der Waals surface area contributed by atoms with Crippen LogP contribution in [-0.4, -0.2) is 56.9 Å². The number of aromatic nitrogens is 3. The maximum Gasteiger partial charge on any atom is 0.490 e. The van der Waals surface area contributed by atoms with Gasteiger partial charge in [0.2, 0.25) is 0 Å². The van der Waals surface area contributed by atoms with E-state index in [1.54, 1.807) is 7.11 Å². The lowest BCUT2D eigenvalue weighted by Gasteiger charge is -2.30. The molecule has 0 aliphatic carbocycles. The quantitative estimate of drug-likeness (QED) is 0.341. The first kappa shape index (κ1) is 27.1. The smallest absolute Gasteiger partial charge is 0.490 e. The molecule has 7 nitrogen and oxygen atoms in total.